The minimum Gasteiger partial charge on any atom is -0.497 e. The van der Waals surface area contributed by atoms with Gasteiger partial charge in [-0.3, -0.25) is 4.79 Å². The fourth-order valence-electron chi connectivity index (χ4n) is 5.43. The van der Waals surface area contributed by atoms with Crippen molar-refractivity contribution in [2.45, 2.75) is 24.2 Å². The monoisotopic (exact) mass is 534 g/mol. The highest BCUT2D eigenvalue weighted by Crippen LogP contribution is 2.44. The summed E-state index contributed by atoms with van der Waals surface area (Å²) in [5, 5.41) is 0. The number of aryl methyl sites for hydroxylation is 1. The summed E-state index contributed by atoms with van der Waals surface area (Å²) in [6.07, 6.45) is 7.82. The summed E-state index contributed by atoms with van der Waals surface area (Å²) in [6.45, 7) is 0. The Morgan fingerprint density at radius 3 is 1.98 bits per heavy atom. The highest BCUT2D eigenvalue weighted by Gasteiger charge is 2.41. The first-order valence-corrected chi connectivity index (χ1v) is 13.1. The first-order chi connectivity index (χ1) is 19.5. The van der Waals surface area contributed by atoms with E-state index in [0.29, 0.717) is 17.6 Å². The zero-order valence-corrected chi connectivity index (χ0v) is 22.6. The fourth-order valence-corrected chi connectivity index (χ4v) is 5.43. The van der Waals surface area contributed by atoms with E-state index in [2.05, 4.69) is 58.5 Å². The maximum atomic E-state index is 12.6. The van der Waals surface area contributed by atoms with E-state index in [1.54, 1.807) is 27.6 Å². The summed E-state index contributed by atoms with van der Waals surface area (Å²) in [7, 11) is 5.00. The standard InChI is InChI=1S/C32H30N4O4/c1-35-20-34-30-29(31(35)37)33-21-36(30)25-13-18-28(19-25)40-32(22-7-5-4-6-8-22,23-9-14-26(38-2)15-10-23)24-11-16-27(39-3)17-12-24/h4-18,20-21,25,28H,19H2,1-3H3/t25-,28+/m0/s1. The second-order valence-corrected chi connectivity index (χ2v) is 9.83. The number of methoxy groups -OCH3 is 2. The van der Waals surface area contributed by atoms with Gasteiger partial charge in [-0.2, -0.15) is 0 Å². The molecule has 0 aliphatic heterocycles. The van der Waals surface area contributed by atoms with Crippen molar-refractivity contribution >= 4 is 11.2 Å². The third kappa shape index (κ3) is 4.36. The van der Waals surface area contributed by atoms with Crippen molar-refractivity contribution < 1.29 is 14.2 Å². The Balaban J connectivity index is 1.43. The van der Waals surface area contributed by atoms with Crippen LogP contribution in [0.3, 0.4) is 0 Å². The van der Waals surface area contributed by atoms with Gasteiger partial charge in [0.15, 0.2) is 11.2 Å². The van der Waals surface area contributed by atoms with Gasteiger partial charge in [-0.25, -0.2) is 9.97 Å². The van der Waals surface area contributed by atoms with Gasteiger partial charge < -0.3 is 23.3 Å². The molecule has 5 aromatic rings. The topological polar surface area (TPSA) is 80.4 Å². The summed E-state index contributed by atoms with van der Waals surface area (Å²) >= 11 is 0. The lowest BCUT2D eigenvalue weighted by Crippen LogP contribution is -2.36. The predicted octanol–water partition coefficient (Wildman–Crippen LogP) is 5.03. The molecule has 202 valence electrons. The molecule has 0 bridgehead atoms. The number of benzene rings is 3. The molecule has 0 unspecified atom stereocenters. The first kappa shape index (κ1) is 25.6. The second kappa shape index (κ2) is 10.5. The molecule has 0 spiro atoms. The minimum atomic E-state index is -0.922. The second-order valence-electron chi connectivity index (χ2n) is 9.83. The summed E-state index contributed by atoms with van der Waals surface area (Å²) in [5.74, 6) is 1.54. The molecule has 6 rings (SSSR count). The highest BCUT2D eigenvalue weighted by atomic mass is 16.5. The molecule has 0 amide bonds. The Kier molecular flexibility index (Phi) is 6.69. The van der Waals surface area contributed by atoms with Crippen LogP contribution in [-0.4, -0.2) is 39.4 Å². The van der Waals surface area contributed by atoms with Gasteiger partial charge in [0.05, 0.1) is 39.0 Å². The van der Waals surface area contributed by atoms with Gasteiger partial charge in [-0.1, -0.05) is 66.7 Å². The molecule has 8 nitrogen and oxygen atoms in total. The van der Waals surface area contributed by atoms with E-state index in [4.69, 9.17) is 14.2 Å². The molecule has 2 atom stereocenters. The summed E-state index contributed by atoms with van der Waals surface area (Å²) < 4.78 is 21.5. The Labute approximate surface area is 232 Å². The van der Waals surface area contributed by atoms with Crippen LogP contribution < -0.4 is 15.0 Å². The minimum absolute atomic E-state index is 0.0604. The molecule has 2 aromatic heterocycles. The molecule has 0 radical (unpaired) electrons. The van der Waals surface area contributed by atoms with Gasteiger partial charge in [0.2, 0.25) is 0 Å². The normalized spacial score (nSPS) is 16.9. The number of fused-ring (bicyclic) bond motifs is 1. The van der Waals surface area contributed by atoms with E-state index < -0.39 is 5.60 Å². The Morgan fingerprint density at radius 1 is 0.775 bits per heavy atom. The van der Waals surface area contributed by atoms with Crippen LogP contribution in [0.15, 0.2) is 108 Å². The molecular formula is C32H30N4O4. The Morgan fingerprint density at radius 2 is 1.38 bits per heavy atom. The third-order valence-electron chi connectivity index (χ3n) is 7.52. The van der Waals surface area contributed by atoms with Gasteiger partial charge >= 0.3 is 0 Å². The maximum absolute atomic E-state index is 12.6. The number of rotatable bonds is 8. The lowest BCUT2D eigenvalue weighted by atomic mass is 9.79. The lowest BCUT2D eigenvalue weighted by molar-refractivity contribution is -0.0267. The first-order valence-electron chi connectivity index (χ1n) is 13.1. The number of nitrogens with zero attached hydrogens (tertiary/aromatic N) is 4. The molecule has 0 fully saturated rings. The van der Waals surface area contributed by atoms with Crippen LogP contribution in [0.25, 0.3) is 11.2 Å². The van der Waals surface area contributed by atoms with Gasteiger partial charge in [0, 0.05) is 13.5 Å². The van der Waals surface area contributed by atoms with Crippen molar-refractivity contribution in [3.05, 3.63) is 131 Å². The quantitative estimate of drug-likeness (QED) is 0.205. The van der Waals surface area contributed by atoms with E-state index in [1.807, 2.05) is 47.0 Å². The zero-order valence-electron chi connectivity index (χ0n) is 22.6. The van der Waals surface area contributed by atoms with E-state index in [0.717, 1.165) is 28.2 Å². The van der Waals surface area contributed by atoms with Crippen molar-refractivity contribution in [2.24, 2.45) is 7.05 Å². The van der Waals surface area contributed by atoms with Crippen molar-refractivity contribution in [3.8, 4) is 11.5 Å². The van der Waals surface area contributed by atoms with Crippen LogP contribution >= 0.6 is 0 Å². The SMILES string of the molecule is COc1ccc(C(O[C@@H]2C=C[C@H](n3cnc4c(=O)n(C)cnc43)C2)(c2ccccc2)c2ccc(OC)cc2)cc1. The molecular weight excluding hydrogens is 504 g/mol. The molecule has 1 aliphatic carbocycles. The highest BCUT2D eigenvalue weighted by molar-refractivity contribution is 5.69. The predicted molar refractivity (Wildman–Crippen MR) is 153 cm³/mol. The smallest absolute Gasteiger partial charge is 0.281 e. The largest absolute Gasteiger partial charge is 0.497 e. The van der Waals surface area contributed by atoms with Crippen LogP contribution in [0, 0.1) is 0 Å². The molecule has 3 aromatic carbocycles. The third-order valence-corrected chi connectivity index (χ3v) is 7.52. The summed E-state index contributed by atoms with van der Waals surface area (Å²) in [4.78, 5) is 21.4. The van der Waals surface area contributed by atoms with E-state index in [9.17, 15) is 4.79 Å². The van der Waals surface area contributed by atoms with Gasteiger partial charge in [0.1, 0.15) is 17.1 Å². The average molecular weight is 535 g/mol. The van der Waals surface area contributed by atoms with Gasteiger partial charge in [-0.15, -0.1) is 0 Å². The number of hydrogen-bond donors (Lipinski definition) is 0. The maximum Gasteiger partial charge on any atom is 0.281 e. The van der Waals surface area contributed by atoms with Crippen LogP contribution in [-0.2, 0) is 17.4 Å². The van der Waals surface area contributed by atoms with Crippen LogP contribution in [0.1, 0.15) is 29.2 Å². The van der Waals surface area contributed by atoms with E-state index in [-0.39, 0.29) is 17.7 Å². The van der Waals surface area contributed by atoms with Crippen molar-refractivity contribution in [1.82, 2.24) is 19.1 Å². The van der Waals surface area contributed by atoms with Crippen LogP contribution in [0.4, 0.5) is 0 Å². The van der Waals surface area contributed by atoms with E-state index >= 15 is 0 Å². The molecule has 2 heterocycles. The Hall–Kier alpha value is -4.69. The molecule has 8 heteroatoms. The average Bonchev–Trinajstić information content (AvgIpc) is 3.66. The van der Waals surface area contributed by atoms with Crippen molar-refractivity contribution in [2.75, 3.05) is 14.2 Å². The van der Waals surface area contributed by atoms with E-state index in [1.165, 1.54) is 10.9 Å². The van der Waals surface area contributed by atoms with Crippen LogP contribution in [0.2, 0.25) is 0 Å². The number of hydrogen-bond acceptors (Lipinski definition) is 6. The molecule has 0 saturated carbocycles. The van der Waals surface area contributed by atoms with Crippen LogP contribution in [0.5, 0.6) is 11.5 Å². The van der Waals surface area contributed by atoms with Crippen molar-refractivity contribution in [3.63, 3.8) is 0 Å². The zero-order chi connectivity index (χ0) is 27.7. The summed E-state index contributed by atoms with van der Waals surface area (Å²) in [6, 6.07) is 26.2. The number of imidazole rings is 1. The number of aromatic nitrogens is 4. The molecule has 1 aliphatic rings. The van der Waals surface area contributed by atoms with Gasteiger partial charge in [-0.05, 0) is 41.0 Å². The molecule has 0 saturated heterocycles. The Bertz CT molecular complexity index is 1660. The van der Waals surface area contributed by atoms with Crippen molar-refractivity contribution in [1.29, 1.82) is 0 Å². The molecule has 40 heavy (non-hydrogen) atoms. The number of ether oxygens (including phenoxy) is 3. The fraction of sp³-hybridized carbons (Fsp3) is 0.219. The molecule has 0 N–H and O–H groups in total. The van der Waals surface area contributed by atoms with Gasteiger partial charge in [0.25, 0.3) is 5.56 Å². The number of allylic oxidation sites excluding steroid dienone is 1. The lowest BCUT2D eigenvalue weighted by Gasteiger charge is -2.38. The summed E-state index contributed by atoms with van der Waals surface area (Å²) in [5.41, 5.74) is 2.78.